The second kappa shape index (κ2) is 11.2. The molecule has 3 rings (SSSR count). The monoisotopic (exact) mass is 465 g/mol. The molecular formula is C26H35N5O3. The number of nitrogens with zero attached hydrogens (tertiary/aromatic N) is 4. The van der Waals surface area contributed by atoms with Crippen LogP contribution in [0.15, 0.2) is 36.4 Å². The first kappa shape index (κ1) is 25.2. The molecule has 0 radical (unpaired) electrons. The Morgan fingerprint density at radius 1 is 1.09 bits per heavy atom. The molecule has 2 amide bonds. The summed E-state index contributed by atoms with van der Waals surface area (Å²) in [5.74, 6) is 1.18. The van der Waals surface area contributed by atoms with Crippen LogP contribution < -0.4 is 10.1 Å². The lowest BCUT2D eigenvalue weighted by Crippen LogP contribution is -2.36. The van der Waals surface area contributed by atoms with E-state index in [-0.39, 0.29) is 11.8 Å². The molecule has 0 spiro atoms. The summed E-state index contributed by atoms with van der Waals surface area (Å²) in [6, 6.07) is 11.3. The third kappa shape index (κ3) is 5.39. The highest BCUT2D eigenvalue weighted by atomic mass is 16.5. The first-order valence-electron chi connectivity index (χ1n) is 11.8. The highest BCUT2D eigenvalue weighted by Crippen LogP contribution is 2.32. The largest absolute Gasteiger partial charge is 0.497 e. The second-order valence-corrected chi connectivity index (χ2v) is 8.24. The van der Waals surface area contributed by atoms with Crippen molar-refractivity contribution in [3.8, 4) is 17.1 Å². The van der Waals surface area contributed by atoms with Gasteiger partial charge in [-0.05, 0) is 44.3 Å². The van der Waals surface area contributed by atoms with Gasteiger partial charge in [0.2, 0.25) is 5.91 Å². The lowest BCUT2D eigenvalue weighted by Gasteiger charge is -2.24. The number of fused-ring (bicyclic) bond motifs is 1. The van der Waals surface area contributed by atoms with Gasteiger partial charge >= 0.3 is 0 Å². The summed E-state index contributed by atoms with van der Waals surface area (Å²) in [4.78, 5) is 34.3. The molecule has 1 aromatic heterocycles. The Kier molecular flexibility index (Phi) is 8.28. The van der Waals surface area contributed by atoms with E-state index in [9.17, 15) is 9.59 Å². The van der Waals surface area contributed by atoms with Gasteiger partial charge in [-0.1, -0.05) is 26.0 Å². The van der Waals surface area contributed by atoms with Crippen LogP contribution in [-0.2, 0) is 11.3 Å². The van der Waals surface area contributed by atoms with Crippen LogP contribution in [0.4, 0.5) is 5.69 Å². The van der Waals surface area contributed by atoms with E-state index in [1.54, 1.807) is 18.1 Å². The average molecular weight is 466 g/mol. The van der Waals surface area contributed by atoms with E-state index < -0.39 is 0 Å². The number of carbonyl (C=O) groups is 2. The van der Waals surface area contributed by atoms with Gasteiger partial charge in [0.15, 0.2) is 0 Å². The Bertz CT molecular complexity index is 1170. The van der Waals surface area contributed by atoms with Crippen molar-refractivity contribution < 1.29 is 14.3 Å². The van der Waals surface area contributed by atoms with E-state index in [0.29, 0.717) is 29.9 Å². The smallest absolute Gasteiger partial charge is 0.255 e. The summed E-state index contributed by atoms with van der Waals surface area (Å²) >= 11 is 0. The van der Waals surface area contributed by atoms with Crippen molar-refractivity contribution in [2.24, 2.45) is 0 Å². The number of anilines is 1. The molecule has 0 saturated carbocycles. The number of benzene rings is 2. The van der Waals surface area contributed by atoms with E-state index in [2.05, 4.69) is 24.1 Å². The first-order valence-corrected chi connectivity index (χ1v) is 11.8. The number of aryl methyl sites for hydroxylation is 1. The Hall–Kier alpha value is -3.39. The number of aromatic nitrogens is 2. The molecule has 0 saturated heterocycles. The van der Waals surface area contributed by atoms with Crippen LogP contribution in [0.25, 0.3) is 22.4 Å². The molecule has 8 nitrogen and oxygen atoms in total. The zero-order chi connectivity index (χ0) is 24.8. The summed E-state index contributed by atoms with van der Waals surface area (Å²) in [7, 11) is 3.45. The van der Waals surface area contributed by atoms with Crippen LogP contribution in [0.1, 0.15) is 38.1 Å². The molecule has 34 heavy (non-hydrogen) atoms. The van der Waals surface area contributed by atoms with Crippen LogP contribution in [0.3, 0.4) is 0 Å². The molecule has 0 aliphatic carbocycles. The molecule has 182 valence electrons. The highest BCUT2D eigenvalue weighted by Gasteiger charge is 2.23. The van der Waals surface area contributed by atoms with Crippen LogP contribution in [0.2, 0.25) is 0 Å². The number of ether oxygens (including phenoxy) is 1. The van der Waals surface area contributed by atoms with Crippen molar-refractivity contribution >= 4 is 28.5 Å². The number of imidazole rings is 1. The minimum atomic E-state index is -0.199. The fraction of sp³-hybridized carbons (Fsp3) is 0.423. The first-order chi connectivity index (χ1) is 16.3. The van der Waals surface area contributed by atoms with Crippen LogP contribution >= 0.6 is 0 Å². The normalized spacial score (nSPS) is 11.1. The van der Waals surface area contributed by atoms with E-state index in [1.165, 1.54) is 6.92 Å². The number of likely N-dealkylation sites (N-methyl/N-ethyl adjacent to an activating group) is 2. The van der Waals surface area contributed by atoms with Crippen LogP contribution in [0, 0.1) is 0 Å². The second-order valence-electron chi connectivity index (χ2n) is 8.24. The van der Waals surface area contributed by atoms with Gasteiger partial charge in [-0.2, -0.15) is 0 Å². The molecule has 0 fully saturated rings. The molecule has 0 aliphatic heterocycles. The molecule has 2 aromatic carbocycles. The Morgan fingerprint density at radius 3 is 2.44 bits per heavy atom. The molecule has 1 heterocycles. The standard InChI is InChI=1S/C26H35N5O3/c1-7-30(8-2)14-13-29(5)26(33)22-16-20(27-18(4)32)17-23-24(22)31(9-3)25(28-23)19-11-10-12-21(15-19)34-6/h10-12,15-17H,7-9,13-14H2,1-6H3,(H,27,32). The van der Waals surface area contributed by atoms with Crippen molar-refractivity contribution in [3.63, 3.8) is 0 Å². The number of nitrogens with one attached hydrogen (secondary N) is 1. The number of hydrogen-bond donors (Lipinski definition) is 1. The Labute approximate surface area is 201 Å². The van der Waals surface area contributed by atoms with Gasteiger partial charge in [-0.3, -0.25) is 9.59 Å². The van der Waals surface area contributed by atoms with Gasteiger partial charge in [0.25, 0.3) is 5.91 Å². The number of amides is 2. The van der Waals surface area contributed by atoms with E-state index >= 15 is 0 Å². The van der Waals surface area contributed by atoms with Gasteiger partial charge in [-0.25, -0.2) is 4.98 Å². The van der Waals surface area contributed by atoms with Gasteiger partial charge in [-0.15, -0.1) is 0 Å². The lowest BCUT2D eigenvalue weighted by molar-refractivity contribution is -0.114. The molecule has 0 atom stereocenters. The van der Waals surface area contributed by atoms with Crippen molar-refractivity contribution in [3.05, 3.63) is 42.0 Å². The number of hydrogen-bond acceptors (Lipinski definition) is 5. The molecule has 0 aliphatic rings. The summed E-state index contributed by atoms with van der Waals surface area (Å²) in [6.07, 6.45) is 0. The molecular weight excluding hydrogens is 430 g/mol. The maximum atomic E-state index is 13.6. The lowest BCUT2D eigenvalue weighted by atomic mass is 10.1. The minimum absolute atomic E-state index is 0.101. The predicted octanol–water partition coefficient (Wildman–Crippen LogP) is 4.10. The zero-order valence-electron chi connectivity index (χ0n) is 21.0. The summed E-state index contributed by atoms with van der Waals surface area (Å²) < 4.78 is 7.44. The van der Waals surface area contributed by atoms with Crippen molar-refractivity contribution in [1.82, 2.24) is 19.4 Å². The number of rotatable bonds is 10. The van der Waals surface area contributed by atoms with Crippen LogP contribution in [0.5, 0.6) is 5.75 Å². The number of carbonyl (C=O) groups excluding carboxylic acids is 2. The molecule has 0 unspecified atom stereocenters. The third-order valence-electron chi connectivity index (χ3n) is 6.03. The molecule has 3 aromatic rings. The van der Waals surface area contributed by atoms with Crippen molar-refractivity contribution in [1.29, 1.82) is 0 Å². The maximum Gasteiger partial charge on any atom is 0.255 e. The van der Waals surface area contributed by atoms with Crippen molar-refractivity contribution in [2.75, 3.05) is 45.7 Å². The maximum absolute atomic E-state index is 13.6. The molecule has 8 heteroatoms. The molecule has 1 N–H and O–H groups in total. The minimum Gasteiger partial charge on any atom is -0.497 e. The summed E-state index contributed by atoms with van der Waals surface area (Å²) in [5.41, 5.74) is 3.39. The highest BCUT2D eigenvalue weighted by molar-refractivity contribution is 6.08. The van der Waals surface area contributed by atoms with E-state index in [4.69, 9.17) is 9.72 Å². The summed E-state index contributed by atoms with van der Waals surface area (Å²) in [5, 5.41) is 2.82. The zero-order valence-corrected chi connectivity index (χ0v) is 21.0. The SMILES string of the molecule is CCN(CC)CCN(C)C(=O)c1cc(NC(C)=O)cc2nc(-c3cccc(OC)c3)n(CC)c12. The quantitative estimate of drug-likeness (QED) is 0.488. The van der Waals surface area contributed by atoms with Gasteiger partial charge < -0.3 is 24.4 Å². The van der Waals surface area contributed by atoms with Crippen LogP contribution in [-0.4, -0.2) is 71.5 Å². The Balaban J connectivity index is 2.13. The third-order valence-corrected chi connectivity index (χ3v) is 6.03. The van der Waals surface area contributed by atoms with Gasteiger partial charge in [0.1, 0.15) is 11.6 Å². The van der Waals surface area contributed by atoms with Gasteiger partial charge in [0, 0.05) is 44.9 Å². The van der Waals surface area contributed by atoms with E-state index in [0.717, 1.165) is 42.3 Å². The van der Waals surface area contributed by atoms with Crippen molar-refractivity contribution in [2.45, 2.75) is 34.2 Å². The topological polar surface area (TPSA) is 79.7 Å². The Morgan fingerprint density at radius 2 is 1.82 bits per heavy atom. The predicted molar refractivity (Wildman–Crippen MR) is 136 cm³/mol. The van der Waals surface area contributed by atoms with Gasteiger partial charge in [0.05, 0.1) is 23.7 Å². The summed E-state index contributed by atoms with van der Waals surface area (Å²) in [6.45, 7) is 11.6. The van der Waals surface area contributed by atoms with E-state index in [1.807, 2.05) is 48.9 Å². The number of methoxy groups -OCH3 is 1. The fourth-order valence-electron chi connectivity index (χ4n) is 4.14. The molecule has 0 bridgehead atoms. The average Bonchev–Trinajstić information content (AvgIpc) is 3.21. The fourth-order valence-corrected chi connectivity index (χ4v) is 4.14.